The molecule has 0 bridgehead atoms. The second-order valence-corrected chi connectivity index (χ2v) is 10.1. The number of anilines is 1. The lowest BCUT2D eigenvalue weighted by Gasteiger charge is -2.19. The summed E-state index contributed by atoms with van der Waals surface area (Å²) in [5.74, 6) is 1.48. The van der Waals surface area contributed by atoms with Gasteiger partial charge in [0.2, 0.25) is 0 Å². The molecule has 0 aliphatic carbocycles. The van der Waals surface area contributed by atoms with Gasteiger partial charge in [-0.25, -0.2) is 0 Å². The third kappa shape index (κ3) is 5.12. The van der Waals surface area contributed by atoms with Crippen LogP contribution in [0, 0.1) is 5.92 Å². The Labute approximate surface area is 218 Å². The molecule has 0 N–H and O–H groups in total. The molecule has 1 aliphatic heterocycles. The molecular formula is C27H24BrCl2NO3. The first-order chi connectivity index (χ1) is 16.3. The predicted octanol–water partition coefficient (Wildman–Crippen LogP) is 7.89. The molecule has 3 aromatic carbocycles. The molecule has 3 aromatic rings. The highest BCUT2D eigenvalue weighted by atomic mass is 79.9. The zero-order chi connectivity index (χ0) is 24.4. The number of rotatable bonds is 7. The molecule has 4 nitrogen and oxygen atoms in total. The van der Waals surface area contributed by atoms with Crippen molar-refractivity contribution in [3.63, 3.8) is 0 Å². The zero-order valence-electron chi connectivity index (χ0n) is 19.1. The second kappa shape index (κ2) is 10.4. The van der Waals surface area contributed by atoms with E-state index < -0.39 is 0 Å². The molecule has 0 aromatic heterocycles. The van der Waals surface area contributed by atoms with E-state index in [-0.39, 0.29) is 5.91 Å². The maximum absolute atomic E-state index is 13.3. The summed E-state index contributed by atoms with van der Waals surface area (Å²) in [6.07, 6.45) is 1.90. The van der Waals surface area contributed by atoms with Crippen molar-refractivity contribution in [2.24, 2.45) is 5.92 Å². The predicted molar refractivity (Wildman–Crippen MR) is 143 cm³/mol. The number of carbonyl (C=O) groups is 1. The Kier molecular flexibility index (Phi) is 7.56. The number of methoxy groups -OCH3 is 1. The van der Waals surface area contributed by atoms with Gasteiger partial charge in [0, 0.05) is 17.7 Å². The van der Waals surface area contributed by atoms with Crippen LogP contribution in [0.1, 0.15) is 30.5 Å². The molecule has 7 heteroatoms. The third-order valence-electron chi connectivity index (χ3n) is 5.44. The number of hydrogen-bond donors (Lipinski definition) is 0. The van der Waals surface area contributed by atoms with E-state index in [4.69, 9.17) is 32.7 Å². The Morgan fingerprint density at radius 1 is 1.06 bits per heavy atom. The van der Waals surface area contributed by atoms with E-state index >= 15 is 0 Å². The summed E-state index contributed by atoms with van der Waals surface area (Å²) in [4.78, 5) is 15.1. The first-order valence-corrected chi connectivity index (χ1v) is 12.4. The summed E-state index contributed by atoms with van der Waals surface area (Å²) in [5.41, 5.74) is 4.25. The molecule has 1 amide bonds. The third-order valence-corrected chi connectivity index (χ3v) is 6.77. The quantitative estimate of drug-likeness (QED) is 0.276. The van der Waals surface area contributed by atoms with Gasteiger partial charge in [0.1, 0.15) is 6.61 Å². The molecule has 4 rings (SSSR count). The van der Waals surface area contributed by atoms with Crippen LogP contribution in [-0.2, 0) is 11.4 Å². The molecule has 0 spiro atoms. The van der Waals surface area contributed by atoms with Crippen molar-refractivity contribution in [2.75, 3.05) is 18.6 Å². The van der Waals surface area contributed by atoms with Gasteiger partial charge in [-0.1, -0.05) is 61.3 Å². The number of ether oxygens (including phenoxy) is 2. The molecule has 176 valence electrons. The van der Waals surface area contributed by atoms with Crippen LogP contribution in [-0.4, -0.2) is 19.6 Å². The number of fused-ring (bicyclic) bond motifs is 1. The average Bonchev–Trinajstić information content (AvgIpc) is 3.06. The van der Waals surface area contributed by atoms with Crippen molar-refractivity contribution in [1.82, 2.24) is 0 Å². The molecule has 0 saturated carbocycles. The molecule has 1 aliphatic rings. The van der Waals surface area contributed by atoms with Gasteiger partial charge in [-0.05, 0) is 69.4 Å². The lowest BCUT2D eigenvalue weighted by atomic mass is 10.0. The second-order valence-electron chi connectivity index (χ2n) is 8.46. The van der Waals surface area contributed by atoms with Gasteiger partial charge in [-0.2, -0.15) is 0 Å². The Balaban J connectivity index is 1.65. The van der Waals surface area contributed by atoms with E-state index in [2.05, 4.69) is 29.8 Å². The van der Waals surface area contributed by atoms with Crippen LogP contribution in [0.3, 0.4) is 0 Å². The molecule has 0 radical (unpaired) electrons. The normalized spacial score (nSPS) is 14.1. The van der Waals surface area contributed by atoms with Crippen molar-refractivity contribution < 1.29 is 14.3 Å². The molecule has 0 atom stereocenters. The lowest BCUT2D eigenvalue weighted by molar-refractivity contribution is -0.113. The molecule has 34 heavy (non-hydrogen) atoms. The Hall–Kier alpha value is -2.47. The summed E-state index contributed by atoms with van der Waals surface area (Å²) >= 11 is 15.7. The molecule has 0 saturated heterocycles. The smallest absolute Gasteiger partial charge is 0.259 e. The standard InChI is InChI=1S/C27H24BrCl2NO3/c1-16(2)14-31-24-7-5-4-6-19(24)20(27(31)32)10-18-11-21(28)26(25(13-18)33-3)34-15-17-8-9-22(29)23(30)12-17/h4-13,16H,14-15H2,1-3H3/b20-10-. The minimum atomic E-state index is 0.00457. The Bertz CT molecular complexity index is 1270. The van der Waals surface area contributed by atoms with Crippen LogP contribution >= 0.6 is 39.1 Å². The monoisotopic (exact) mass is 559 g/mol. The van der Waals surface area contributed by atoms with E-state index in [0.717, 1.165) is 26.9 Å². The zero-order valence-corrected chi connectivity index (χ0v) is 22.2. The van der Waals surface area contributed by atoms with Gasteiger partial charge in [-0.3, -0.25) is 4.79 Å². The number of benzene rings is 3. The van der Waals surface area contributed by atoms with Crippen LogP contribution in [0.5, 0.6) is 11.5 Å². The maximum Gasteiger partial charge on any atom is 0.259 e. The fourth-order valence-electron chi connectivity index (χ4n) is 3.91. The first-order valence-electron chi connectivity index (χ1n) is 10.9. The van der Waals surface area contributed by atoms with E-state index in [1.165, 1.54) is 0 Å². The van der Waals surface area contributed by atoms with Gasteiger partial charge < -0.3 is 14.4 Å². The van der Waals surface area contributed by atoms with Gasteiger partial charge in [0.05, 0.1) is 27.3 Å². The van der Waals surface area contributed by atoms with Crippen molar-refractivity contribution >= 4 is 62.4 Å². The molecule has 0 unspecified atom stereocenters. The largest absolute Gasteiger partial charge is 0.493 e. The highest BCUT2D eigenvalue weighted by molar-refractivity contribution is 9.10. The maximum atomic E-state index is 13.3. The SMILES string of the molecule is COc1cc(/C=C2\C(=O)N(CC(C)C)c3ccccc32)cc(Br)c1OCc1ccc(Cl)c(Cl)c1. The minimum Gasteiger partial charge on any atom is -0.493 e. The summed E-state index contributed by atoms with van der Waals surface area (Å²) in [7, 11) is 1.59. The van der Waals surface area contributed by atoms with Crippen LogP contribution in [0.25, 0.3) is 11.6 Å². The van der Waals surface area contributed by atoms with Crippen molar-refractivity contribution in [3.05, 3.63) is 85.8 Å². The fourth-order valence-corrected chi connectivity index (χ4v) is 4.80. The number of halogens is 3. The van der Waals surface area contributed by atoms with Gasteiger partial charge in [-0.15, -0.1) is 0 Å². The highest BCUT2D eigenvalue weighted by Gasteiger charge is 2.32. The summed E-state index contributed by atoms with van der Waals surface area (Å²) in [6.45, 7) is 5.18. The number of para-hydroxylation sites is 1. The molecule has 0 fully saturated rings. The fraction of sp³-hybridized carbons (Fsp3) is 0.222. The summed E-state index contributed by atoms with van der Waals surface area (Å²) in [5, 5.41) is 0.973. The van der Waals surface area contributed by atoms with Crippen LogP contribution < -0.4 is 14.4 Å². The number of amides is 1. The van der Waals surface area contributed by atoms with Crippen LogP contribution in [0.15, 0.2) is 59.1 Å². The van der Waals surface area contributed by atoms with Gasteiger partial charge in [0.25, 0.3) is 5.91 Å². The molecular weight excluding hydrogens is 537 g/mol. The number of nitrogens with zero attached hydrogens (tertiary/aromatic N) is 1. The lowest BCUT2D eigenvalue weighted by Crippen LogP contribution is -2.30. The number of carbonyl (C=O) groups excluding carboxylic acids is 1. The topological polar surface area (TPSA) is 38.8 Å². The van der Waals surface area contributed by atoms with Crippen molar-refractivity contribution in [3.8, 4) is 11.5 Å². The number of hydrogen-bond acceptors (Lipinski definition) is 3. The van der Waals surface area contributed by atoms with E-state index in [9.17, 15) is 4.79 Å². The van der Waals surface area contributed by atoms with Crippen LogP contribution in [0.4, 0.5) is 5.69 Å². The Morgan fingerprint density at radius 3 is 2.53 bits per heavy atom. The van der Waals surface area contributed by atoms with Gasteiger partial charge in [0.15, 0.2) is 11.5 Å². The molecule has 1 heterocycles. The van der Waals surface area contributed by atoms with Gasteiger partial charge >= 0.3 is 0 Å². The highest BCUT2D eigenvalue weighted by Crippen LogP contribution is 2.41. The van der Waals surface area contributed by atoms with Crippen molar-refractivity contribution in [1.29, 1.82) is 0 Å². The van der Waals surface area contributed by atoms with E-state index in [1.54, 1.807) is 19.2 Å². The average molecular weight is 561 g/mol. The van der Waals surface area contributed by atoms with E-state index in [0.29, 0.717) is 46.2 Å². The summed E-state index contributed by atoms with van der Waals surface area (Å²) < 4.78 is 12.4. The minimum absolute atomic E-state index is 0.00457. The Morgan fingerprint density at radius 2 is 1.82 bits per heavy atom. The first kappa shape index (κ1) is 24.6. The summed E-state index contributed by atoms with van der Waals surface area (Å²) in [6, 6.07) is 17.0. The van der Waals surface area contributed by atoms with Crippen LogP contribution in [0.2, 0.25) is 10.0 Å². The van der Waals surface area contributed by atoms with Crippen molar-refractivity contribution in [2.45, 2.75) is 20.5 Å². The van der Waals surface area contributed by atoms with E-state index in [1.807, 2.05) is 53.4 Å².